The van der Waals surface area contributed by atoms with Crippen molar-refractivity contribution in [2.75, 3.05) is 0 Å². The Hall–Kier alpha value is -0.810. The zero-order chi connectivity index (χ0) is 10.7. The molecule has 6 heteroatoms. The van der Waals surface area contributed by atoms with Gasteiger partial charge in [0.1, 0.15) is 5.92 Å². The van der Waals surface area contributed by atoms with E-state index >= 15 is 0 Å². The molecule has 0 saturated carbocycles. The zero-order valence-electron chi connectivity index (χ0n) is 6.75. The molecule has 0 spiro atoms. The molecule has 0 radical (unpaired) electrons. The van der Waals surface area contributed by atoms with Crippen LogP contribution < -0.4 is 0 Å². The number of ketones is 1. The van der Waals surface area contributed by atoms with Crippen molar-refractivity contribution in [3.8, 4) is 0 Å². The lowest BCUT2D eigenvalue weighted by atomic mass is 10.0. The third-order valence-electron chi connectivity index (χ3n) is 1.55. The first-order valence-electron chi connectivity index (χ1n) is 3.58. The third-order valence-corrected chi connectivity index (χ3v) is 2.71. The van der Waals surface area contributed by atoms with Crippen LogP contribution in [0, 0.1) is 0 Å². The number of Topliss-reactive ketones (excluding diaryl/α,β-unsaturated/α-hetero) is 1. The van der Waals surface area contributed by atoms with Crippen molar-refractivity contribution in [2.24, 2.45) is 0 Å². The second kappa shape index (κ2) is 4.61. The molecule has 1 aromatic heterocycles. The van der Waals surface area contributed by atoms with Crippen LogP contribution in [0.5, 0.6) is 0 Å². The molecule has 1 rings (SSSR count). The summed E-state index contributed by atoms with van der Waals surface area (Å²) in [5.74, 6) is -2.98. The number of halogens is 3. The number of thiophene rings is 1. The molecule has 2 nitrogen and oxygen atoms in total. The number of alkyl halides is 2. The fourth-order valence-electron chi connectivity index (χ4n) is 0.945. The molecule has 0 aromatic carbocycles. The van der Waals surface area contributed by atoms with Gasteiger partial charge in [-0.25, -0.2) is 8.78 Å². The molecule has 14 heavy (non-hydrogen) atoms. The van der Waals surface area contributed by atoms with Crippen LogP contribution in [0.3, 0.4) is 0 Å². The van der Waals surface area contributed by atoms with Gasteiger partial charge in [0.25, 0.3) is 6.43 Å². The molecular formula is C8H5ClF2O2S. The van der Waals surface area contributed by atoms with Gasteiger partial charge in [0.2, 0.25) is 11.0 Å². The SMILES string of the molecule is O=C(Cl)C(C(=O)C(F)F)c1cccs1. The Morgan fingerprint density at radius 2 is 2.07 bits per heavy atom. The van der Waals surface area contributed by atoms with Crippen LogP contribution in [0.4, 0.5) is 8.78 Å². The first-order valence-corrected chi connectivity index (χ1v) is 4.84. The normalized spacial score (nSPS) is 12.9. The highest BCUT2D eigenvalue weighted by molar-refractivity contribution is 7.10. The highest BCUT2D eigenvalue weighted by Crippen LogP contribution is 2.26. The number of rotatable bonds is 4. The number of carbonyl (C=O) groups is 2. The minimum Gasteiger partial charge on any atom is -0.292 e. The molecular weight excluding hydrogens is 234 g/mol. The summed E-state index contributed by atoms with van der Waals surface area (Å²) in [4.78, 5) is 22.0. The quantitative estimate of drug-likeness (QED) is 0.596. The van der Waals surface area contributed by atoms with Crippen molar-refractivity contribution in [1.29, 1.82) is 0 Å². The smallest absolute Gasteiger partial charge is 0.292 e. The van der Waals surface area contributed by atoms with Gasteiger partial charge in [-0.15, -0.1) is 11.3 Å². The Kier molecular flexibility index (Phi) is 3.71. The Bertz CT molecular complexity index is 337. The molecule has 0 aliphatic carbocycles. The molecule has 0 fully saturated rings. The van der Waals surface area contributed by atoms with Crippen molar-refractivity contribution >= 4 is 34.0 Å². The summed E-state index contributed by atoms with van der Waals surface area (Å²) in [6.07, 6.45) is -3.18. The van der Waals surface area contributed by atoms with E-state index in [0.717, 1.165) is 11.3 Å². The summed E-state index contributed by atoms with van der Waals surface area (Å²) in [7, 11) is 0. The molecule has 1 heterocycles. The number of hydrogen-bond acceptors (Lipinski definition) is 3. The molecule has 0 N–H and O–H groups in total. The summed E-state index contributed by atoms with van der Waals surface area (Å²) in [6.45, 7) is 0. The van der Waals surface area contributed by atoms with Crippen LogP contribution in [0.25, 0.3) is 0 Å². The van der Waals surface area contributed by atoms with E-state index in [9.17, 15) is 18.4 Å². The Morgan fingerprint density at radius 3 is 2.43 bits per heavy atom. The van der Waals surface area contributed by atoms with Crippen molar-refractivity contribution in [2.45, 2.75) is 12.3 Å². The van der Waals surface area contributed by atoms with Crippen molar-refractivity contribution < 1.29 is 18.4 Å². The van der Waals surface area contributed by atoms with Crippen molar-refractivity contribution in [3.05, 3.63) is 22.4 Å². The third kappa shape index (κ3) is 2.36. The highest BCUT2D eigenvalue weighted by Gasteiger charge is 2.33. The van der Waals surface area contributed by atoms with Gasteiger partial charge in [-0.2, -0.15) is 0 Å². The second-order valence-corrected chi connectivity index (χ2v) is 3.81. The van der Waals surface area contributed by atoms with E-state index in [1.807, 2.05) is 0 Å². The maximum atomic E-state index is 12.1. The Labute approximate surface area is 87.5 Å². The molecule has 1 aromatic rings. The molecule has 1 unspecified atom stereocenters. The van der Waals surface area contributed by atoms with Gasteiger partial charge >= 0.3 is 0 Å². The monoisotopic (exact) mass is 238 g/mol. The topological polar surface area (TPSA) is 34.1 Å². The maximum Gasteiger partial charge on any atom is 0.297 e. The lowest BCUT2D eigenvalue weighted by Crippen LogP contribution is -2.23. The van der Waals surface area contributed by atoms with E-state index in [1.165, 1.54) is 6.07 Å². The van der Waals surface area contributed by atoms with Gasteiger partial charge in [-0.1, -0.05) is 6.07 Å². The second-order valence-electron chi connectivity index (χ2n) is 2.46. The summed E-state index contributed by atoms with van der Waals surface area (Å²) in [6, 6.07) is 2.99. The van der Waals surface area contributed by atoms with E-state index in [1.54, 1.807) is 11.4 Å². The molecule has 0 bridgehead atoms. The maximum absolute atomic E-state index is 12.1. The van der Waals surface area contributed by atoms with Gasteiger partial charge in [0.15, 0.2) is 0 Å². The minimum absolute atomic E-state index is 0.246. The molecule has 0 amide bonds. The Morgan fingerprint density at radius 1 is 1.43 bits per heavy atom. The van der Waals surface area contributed by atoms with Crippen LogP contribution >= 0.6 is 22.9 Å². The van der Waals surface area contributed by atoms with Gasteiger partial charge in [-0.3, -0.25) is 9.59 Å². The van der Waals surface area contributed by atoms with Gasteiger partial charge < -0.3 is 0 Å². The standard InChI is InChI=1S/C8H5ClF2O2S/c9-7(13)5(6(12)8(10)11)4-2-1-3-14-4/h1-3,5,8H. The average Bonchev–Trinajstić information content (AvgIpc) is 2.56. The van der Waals surface area contributed by atoms with Crippen LogP contribution in [-0.2, 0) is 9.59 Å². The van der Waals surface area contributed by atoms with Crippen LogP contribution in [-0.4, -0.2) is 17.5 Å². The first kappa shape index (κ1) is 11.3. The van der Waals surface area contributed by atoms with Crippen molar-refractivity contribution in [1.82, 2.24) is 0 Å². The average molecular weight is 239 g/mol. The van der Waals surface area contributed by atoms with E-state index < -0.39 is 23.4 Å². The van der Waals surface area contributed by atoms with Gasteiger partial charge in [0.05, 0.1) is 0 Å². The molecule has 0 saturated heterocycles. The fourth-order valence-corrected chi connectivity index (χ4v) is 2.07. The van der Waals surface area contributed by atoms with Crippen molar-refractivity contribution in [3.63, 3.8) is 0 Å². The summed E-state index contributed by atoms with van der Waals surface area (Å²) < 4.78 is 24.1. The fraction of sp³-hybridized carbons (Fsp3) is 0.250. The predicted molar refractivity (Wildman–Crippen MR) is 48.9 cm³/mol. The number of hydrogen-bond donors (Lipinski definition) is 0. The first-order chi connectivity index (χ1) is 6.54. The van der Waals surface area contributed by atoms with E-state index in [2.05, 4.69) is 0 Å². The van der Waals surface area contributed by atoms with Crippen LogP contribution in [0.2, 0.25) is 0 Å². The Balaban J connectivity index is 2.97. The lowest BCUT2D eigenvalue weighted by molar-refractivity contribution is -0.134. The summed E-state index contributed by atoms with van der Waals surface area (Å²) >= 11 is 6.13. The number of carbonyl (C=O) groups excluding carboxylic acids is 2. The minimum atomic E-state index is -3.18. The molecule has 0 aliphatic rings. The van der Waals surface area contributed by atoms with Gasteiger partial charge in [0, 0.05) is 4.88 Å². The summed E-state index contributed by atoms with van der Waals surface area (Å²) in [5, 5.41) is 0.513. The lowest BCUT2D eigenvalue weighted by Gasteiger charge is -2.07. The molecule has 0 aliphatic heterocycles. The molecule has 1 atom stereocenters. The van der Waals surface area contributed by atoms with Gasteiger partial charge in [-0.05, 0) is 23.0 Å². The highest BCUT2D eigenvalue weighted by atomic mass is 35.5. The largest absolute Gasteiger partial charge is 0.297 e. The van der Waals surface area contributed by atoms with E-state index in [4.69, 9.17) is 11.6 Å². The zero-order valence-corrected chi connectivity index (χ0v) is 8.32. The van der Waals surface area contributed by atoms with E-state index in [0.29, 0.717) is 0 Å². The van der Waals surface area contributed by atoms with Crippen LogP contribution in [0.1, 0.15) is 10.8 Å². The summed E-state index contributed by atoms with van der Waals surface area (Å²) in [5.41, 5.74) is 0. The van der Waals surface area contributed by atoms with Crippen LogP contribution in [0.15, 0.2) is 17.5 Å². The van der Waals surface area contributed by atoms with E-state index in [-0.39, 0.29) is 4.88 Å². The predicted octanol–water partition coefficient (Wildman–Crippen LogP) is 2.43. The molecule has 76 valence electrons.